The minimum Gasteiger partial charge on any atom is -0.487 e. The van der Waals surface area contributed by atoms with Gasteiger partial charge in [-0.05, 0) is 49.6 Å². The number of carbonyl (C=O) groups excluding carboxylic acids is 2. The smallest absolute Gasteiger partial charge is 0.268 e. The summed E-state index contributed by atoms with van der Waals surface area (Å²) < 4.78 is 6.07. The monoisotopic (exact) mass is 432 g/mol. The van der Waals surface area contributed by atoms with E-state index in [0.29, 0.717) is 12.0 Å². The van der Waals surface area contributed by atoms with Crippen LogP contribution in [-0.2, 0) is 4.79 Å². The van der Waals surface area contributed by atoms with E-state index in [4.69, 9.17) is 4.74 Å². The van der Waals surface area contributed by atoms with Crippen LogP contribution in [0.5, 0.6) is 5.75 Å². The summed E-state index contributed by atoms with van der Waals surface area (Å²) in [6.07, 6.45) is 2.33. The number of hydrogen-bond donors (Lipinski definition) is 2. The molecule has 2 N–H and O–H groups in total. The van der Waals surface area contributed by atoms with Crippen LogP contribution in [0.4, 0.5) is 0 Å². The van der Waals surface area contributed by atoms with Crippen LogP contribution in [0.1, 0.15) is 47.1 Å². The van der Waals surface area contributed by atoms with Gasteiger partial charge in [0.05, 0.1) is 6.04 Å². The molecule has 0 saturated carbocycles. The molecular formula is C25H24N2O3S. The van der Waals surface area contributed by atoms with Crippen molar-refractivity contribution in [3.05, 3.63) is 93.8 Å². The molecule has 1 atom stereocenters. The molecule has 3 aromatic rings. The van der Waals surface area contributed by atoms with Gasteiger partial charge in [-0.25, -0.2) is 0 Å². The van der Waals surface area contributed by atoms with Gasteiger partial charge in [0, 0.05) is 22.4 Å². The number of amides is 2. The fraction of sp³-hybridized carbons (Fsp3) is 0.200. The zero-order valence-electron chi connectivity index (χ0n) is 17.4. The second-order valence-corrected chi connectivity index (χ2v) is 9.00. The molecule has 4 rings (SSSR count). The van der Waals surface area contributed by atoms with Gasteiger partial charge in [0.15, 0.2) is 0 Å². The first-order valence-electron chi connectivity index (χ1n) is 10.1. The molecule has 6 heteroatoms. The van der Waals surface area contributed by atoms with Gasteiger partial charge in [-0.2, -0.15) is 0 Å². The number of nitrogens with one attached hydrogen (secondary N) is 2. The van der Waals surface area contributed by atoms with E-state index in [-0.39, 0.29) is 23.6 Å². The summed E-state index contributed by atoms with van der Waals surface area (Å²) >= 11 is 1.50. The van der Waals surface area contributed by atoms with Crippen LogP contribution < -0.4 is 15.4 Å². The Morgan fingerprint density at radius 2 is 1.77 bits per heavy atom. The topological polar surface area (TPSA) is 67.4 Å². The zero-order valence-corrected chi connectivity index (χ0v) is 18.2. The van der Waals surface area contributed by atoms with Crippen LogP contribution in [-0.4, -0.2) is 17.4 Å². The van der Waals surface area contributed by atoms with Crippen LogP contribution in [0.15, 0.2) is 77.8 Å². The van der Waals surface area contributed by atoms with Crippen molar-refractivity contribution in [2.75, 3.05) is 0 Å². The molecule has 0 unspecified atom stereocenters. The number of carbonyl (C=O) groups is 2. The molecule has 2 aromatic carbocycles. The first kappa shape index (κ1) is 20.9. The molecule has 0 spiro atoms. The van der Waals surface area contributed by atoms with E-state index in [1.807, 2.05) is 61.7 Å². The van der Waals surface area contributed by atoms with E-state index in [1.54, 1.807) is 30.3 Å². The second kappa shape index (κ2) is 8.78. The van der Waals surface area contributed by atoms with Crippen LogP contribution >= 0.6 is 11.3 Å². The molecule has 2 heterocycles. The third-order valence-electron chi connectivity index (χ3n) is 5.04. The van der Waals surface area contributed by atoms with Crippen molar-refractivity contribution in [2.45, 2.75) is 31.9 Å². The number of benzene rings is 2. The molecule has 5 nitrogen and oxygen atoms in total. The average Bonchev–Trinajstić information content (AvgIpc) is 3.26. The molecule has 1 aliphatic rings. The highest BCUT2D eigenvalue weighted by Gasteiger charge is 2.34. The maximum atomic E-state index is 13.3. The minimum absolute atomic E-state index is 0.207. The van der Waals surface area contributed by atoms with Gasteiger partial charge in [-0.3, -0.25) is 9.59 Å². The lowest BCUT2D eigenvalue weighted by Gasteiger charge is -2.38. The van der Waals surface area contributed by atoms with Gasteiger partial charge in [0.25, 0.3) is 11.8 Å². The molecular weight excluding hydrogens is 408 g/mol. The fourth-order valence-corrected chi connectivity index (χ4v) is 4.28. The maximum Gasteiger partial charge on any atom is 0.268 e. The summed E-state index contributed by atoms with van der Waals surface area (Å²) in [4.78, 5) is 26.9. The maximum absolute atomic E-state index is 13.3. The Morgan fingerprint density at radius 3 is 2.52 bits per heavy atom. The third-order valence-corrected chi connectivity index (χ3v) is 5.86. The largest absolute Gasteiger partial charge is 0.487 e. The van der Waals surface area contributed by atoms with Crippen LogP contribution in [0.3, 0.4) is 0 Å². The summed E-state index contributed by atoms with van der Waals surface area (Å²) in [5.41, 5.74) is 1.21. The Balaban J connectivity index is 1.60. The van der Waals surface area contributed by atoms with E-state index in [2.05, 4.69) is 10.6 Å². The summed E-state index contributed by atoms with van der Waals surface area (Å²) in [6, 6.07) is 20.2. The van der Waals surface area contributed by atoms with E-state index >= 15 is 0 Å². The minimum atomic E-state index is -0.419. The first-order chi connectivity index (χ1) is 14.9. The van der Waals surface area contributed by atoms with Gasteiger partial charge in [-0.15, -0.1) is 11.3 Å². The number of hydrogen-bond acceptors (Lipinski definition) is 4. The molecule has 0 fully saturated rings. The molecule has 158 valence electrons. The Hall–Kier alpha value is -3.38. The second-order valence-electron chi connectivity index (χ2n) is 8.02. The van der Waals surface area contributed by atoms with Crippen molar-refractivity contribution in [3.8, 4) is 5.75 Å². The normalized spacial score (nSPS) is 17.2. The molecule has 2 amide bonds. The molecule has 0 saturated heterocycles. The number of rotatable bonds is 5. The average molecular weight is 433 g/mol. The number of para-hydroxylation sites is 1. The van der Waals surface area contributed by atoms with E-state index in [0.717, 1.165) is 16.2 Å². The van der Waals surface area contributed by atoms with Crippen LogP contribution in [0, 0.1) is 0 Å². The van der Waals surface area contributed by atoms with Gasteiger partial charge in [0.2, 0.25) is 0 Å². The SMILES string of the molecule is CC1(C)C[C@H](NC(=O)/C(=C/c2cccs2)NC(=O)c2ccccc2)c2ccccc2O1. The lowest BCUT2D eigenvalue weighted by atomic mass is 9.89. The quantitative estimate of drug-likeness (QED) is 0.562. The van der Waals surface area contributed by atoms with Crippen molar-refractivity contribution >= 4 is 29.2 Å². The highest BCUT2D eigenvalue weighted by Crippen LogP contribution is 2.39. The van der Waals surface area contributed by atoms with Crippen molar-refractivity contribution in [3.63, 3.8) is 0 Å². The first-order valence-corrected chi connectivity index (χ1v) is 11.0. The zero-order chi connectivity index (χ0) is 21.8. The van der Waals surface area contributed by atoms with Gasteiger partial charge in [0.1, 0.15) is 17.0 Å². The highest BCUT2D eigenvalue weighted by molar-refractivity contribution is 7.10. The van der Waals surface area contributed by atoms with Crippen LogP contribution in [0.2, 0.25) is 0 Å². The van der Waals surface area contributed by atoms with E-state index < -0.39 is 5.60 Å². The third kappa shape index (κ3) is 5.03. The molecule has 0 radical (unpaired) electrons. The van der Waals surface area contributed by atoms with E-state index in [1.165, 1.54) is 11.3 Å². The number of thiophene rings is 1. The summed E-state index contributed by atoms with van der Waals surface area (Å²) in [6.45, 7) is 4.00. The predicted molar refractivity (Wildman–Crippen MR) is 123 cm³/mol. The van der Waals surface area contributed by atoms with Crippen molar-refractivity contribution in [1.82, 2.24) is 10.6 Å². The van der Waals surface area contributed by atoms with E-state index in [9.17, 15) is 9.59 Å². The Morgan fingerprint density at radius 1 is 1.03 bits per heavy atom. The van der Waals surface area contributed by atoms with Gasteiger partial charge in [-0.1, -0.05) is 42.5 Å². The number of ether oxygens (including phenoxy) is 1. The highest BCUT2D eigenvalue weighted by atomic mass is 32.1. The van der Waals surface area contributed by atoms with Crippen molar-refractivity contribution in [2.24, 2.45) is 0 Å². The summed E-state index contributed by atoms with van der Waals surface area (Å²) in [7, 11) is 0. The Kier molecular flexibility index (Phi) is 5.91. The summed E-state index contributed by atoms with van der Waals surface area (Å²) in [5, 5.41) is 7.82. The van der Waals surface area contributed by atoms with Crippen molar-refractivity contribution in [1.29, 1.82) is 0 Å². The fourth-order valence-electron chi connectivity index (χ4n) is 3.63. The van der Waals surface area contributed by atoms with Crippen molar-refractivity contribution < 1.29 is 14.3 Å². The Bertz CT molecular complexity index is 1100. The number of fused-ring (bicyclic) bond motifs is 1. The molecule has 1 aliphatic heterocycles. The molecule has 31 heavy (non-hydrogen) atoms. The standard InChI is InChI=1S/C25H24N2O3S/c1-25(2)16-21(19-12-6-7-13-22(19)30-25)27-24(29)20(15-18-11-8-14-31-18)26-23(28)17-9-4-3-5-10-17/h3-15,21H,16H2,1-2H3,(H,26,28)(H,27,29)/b20-15-/t21-/m0/s1. The lowest BCUT2D eigenvalue weighted by Crippen LogP contribution is -2.43. The molecule has 0 bridgehead atoms. The molecule has 0 aliphatic carbocycles. The molecule has 1 aromatic heterocycles. The van der Waals surface area contributed by atoms with Gasteiger partial charge >= 0.3 is 0 Å². The summed E-state index contributed by atoms with van der Waals surface area (Å²) in [5.74, 6) is 0.0996. The Labute approximate surface area is 185 Å². The van der Waals surface area contributed by atoms with Gasteiger partial charge < -0.3 is 15.4 Å². The van der Waals surface area contributed by atoms with Crippen LogP contribution in [0.25, 0.3) is 6.08 Å². The predicted octanol–water partition coefficient (Wildman–Crippen LogP) is 4.94. The lowest BCUT2D eigenvalue weighted by molar-refractivity contribution is -0.119.